The second-order valence-corrected chi connectivity index (χ2v) is 8.30. The molecule has 0 unspecified atom stereocenters. The summed E-state index contributed by atoms with van der Waals surface area (Å²) in [5.74, 6) is 0. The SMILES string of the molecule is CC(C)(C)c1ccc(CN)cc1.CC(C)(C)c1ccc(CN)cc1. The van der Waals surface area contributed by atoms with Gasteiger partial charge in [0, 0.05) is 13.1 Å². The van der Waals surface area contributed by atoms with Gasteiger partial charge < -0.3 is 11.5 Å². The molecule has 0 aliphatic rings. The number of hydrogen-bond donors (Lipinski definition) is 2. The van der Waals surface area contributed by atoms with Gasteiger partial charge in [-0.15, -0.1) is 0 Å². The zero-order valence-electron chi connectivity index (χ0n) is 16.2. The van der Waals surface area contributed by atoms with Gasteiger partial charge in [-0.2, -0.15) is 0 Å². The van der Waals surface area contributed by atoms with Crippen molar-refractivity contribution in [3.05, 3.63) is 70.8 Å². The third-order valence-electron chi connectivity index (χ3n) is 4.11. The molecule has 0 bridgehead atoms. The first-order valence-electron chi connectivity index (χ1n) is 8.67. The molecule has 24 heavy (non-hydrogen) atoms. The summed E-state index contributed by atoms with van der Waals surface area (Å²) in [5.41, 5.74) is 16.6. The lowest BCUT2D eigenvalue weighted by Crippen LogP contribution is -2.11. The van der Waals surface area contributed by atoms with E-state index in [-0.39, 0.29) is 10.8 Å². The molecule has 2 rings (SSSR count). The van der Waals surface area contributed by atoms with Gasteiger partial charge in [0.1, 0.15) is 0 Å². The first kappa shape index (κ1) is 20.4. The summed E-state index contributed by atoms with van der Waals surface area (Å²) in [6, 6.07) is 17.0. The molecule has 132 valence electrons. The normalized spacial score (nSPS) is 11.7. The molecule has 0 fully saturated rings. The van der Waals surface area contributed by atoms with E-state index in [9.17, 15) is 0 Å². The highest BCUT2D eigenvalue weighted by Crippen LogP contribution is 2.22. The molecule has 2 aromatic rings. The number of hydrogen-bond acceptors (Lipinski definition) is 2. The summed E-state index contributed by atoms with van der Waals surface area (Å²) in [5, 5.41) is 0. The second kappa shape index (κ2) is 8.46. The van der Waals surface area contributed by atoms with E-state index in [1.54, 1.807) is 0 Å². The Hall–Kier alpha value is -1.64. The van der Waals surface area contributed by atoms with E-state index in [0.29, 0.717) is 13.1 Å². The maximum Gasteiger partial charge on any atom is 0.0178 e. The van der Waals surface area contributed by atoms with E-state index in [1.165, 1.54) is 22.3 Å². The third kappa shape index (κ3) is 6.46. The topological polar surface area (TPSA) is 52.0 Å². The number of benzene rings is 2. The zero-order valence-corrected chi connectivity index (χ0v) is 16.2. The van der Waals surface area contributed by atoms with Crippen LogP contribution in [0.1, 0.15) is 63.8 Å². The quantitative estimate of drug-likeness (QED) is 0.826. The van der Waals surface area contributed by atoms with E-state index < -0.39 is 0 Å². The largest absolute Gasteiger partial charge is 0.326 e. The molecule has 0 atom stereocenters. The molecule has 2 nitrogen and oxygen atoms in total. The minimum absolute atomic E-state index is 0.243. The van der Waals surface area contributed by atoms with E-state index in [1.807, 2.05) is 0 Å². The maximum absolute atomic E-state index is 5.51. The summed E-state index contributed by atoms with van der Waals surface area (Å²) in [4.78, 5) is 0. The summed E-state index contributed by atoms with van der Waals surface area (Å²) < 4.78 is 0. The summed E-state index contributed by atoms with van der Waals surface area (Å²) >= 11 is 0. The van der Waals surface area contributed by atoms with Crippen LogP contribution in [0.4, 0.5) is 0 Å². The molecule has 4 N–H and O–H groups in total. The number of rotatable bonds is 2. The summed E-state index contributed by atoms with van der Waals surface area (Å²) in [6.45, 7) is 14.5. The monoisotopic (exact) mass is 326 g/mol. The molecule has 0 aliphatic carbocycles. The van der Waals surface area contributed by atoms with Gasteiger partial charge in [0.15, 0.2) is 0 Å². The van der Waals surface area contributed by atoms with Crippen molar-refractivity contribution < 1.29 is 0 Å². The van der Waals surface area contributed by atoms with E-state index in [2.05, 4.69) is 90.1 Å². The van der Waals surface area contributed by atoms with Gasteiger partial charge in [-0.05, 0) is 33.1 Å². The standard InChI is InChI=1S/2C11H17N/c2*1-11(2,3)10-6-4-9(8-12)5-7-10/h2*4-7H,8,12H2,1-3H3. The molecule has 0 saturated carbocycles. The van der Waals surface area contributed by atoms with Crippen molar-refractivity contribution >= 4 is 0 Å². The van der Waals surface area contributed by atoms with Crippen LogP contribution in [-0.4, -0.2) is 0 Å². The lowest BCUT2D eigenvalue weighted by atomic mass is 9.87. The van der Waals surface area contributed by atoms with Gasteiger partial charge in [-0.1, -0.05) is 90.1 Å². The van der Waals surface area contributed by atoms with Crippen LogP contribution in [-0.2, 0) is 23.9 Å². The lowest BCUT2D eigenvalue weighted by Gasteiger charge is -2.18. The Morgan fingerprint density at radius 3 is 0.958 bits per heavy atom. The van der Waals surface area contributed by atoms with Crippen LogP contribution in [0.5, 0.6) is 0 Å². The second-order valence-electron chi connectivity index (χ2n) is 8.30. The van der Waals surface area contributed by atoms with Gasteiger partial charge >= 0.3 is 0 Å². The molecule has 0 amide bonds. The van der Waals surface area contributed by atoms with Crippen LogP contribution >= 0.6 is 0 Å². The molecule has 2 aromatic carbocycles. The fourth-order valence-corrected chi connectivity index (χ4v) is 2.28. The maximum atomic E-state index is 5.51. The fraction of sp³-hybridized carbons (Fsp3) is 0.455. The van der Waals surface area contributed by atoms with Crippen molar-refractivity contribution in [2.45, 2.75) is 65.5 Å². The Morgan fingerprint density at radius 1 is 0.542 bits per heavy atom. The lowest BCUT2D eigenvalue weighted by molar-refractivity contribution is 0.589. The predicted octanol–water partition coefficient (Wildman–Crippen LogP) is 4.89. The van der Waals surface area contributed by atoms with Crippen molar-refractivity contribution in [1.82, 2.24) is 0 Å². The third-order valence-corrected chi connectivity index (χ3v) is 4.11. The summed E-state index contributed by atoms with van der Waals surface area (Å²) in [6.07, 6.45) is 0. The highest BCUT2D eigenvalue weighted by Gasteiger charge is 2.13. The van der Waals surface area contributed by atoms with Crippen LogP contribution in [0.2, 0.25) is 0 Å². The van der Waals surface area contributed by atoms with E-state index >= 15 is 0 Å². The first-order valence-corrected chi connectivity index (χ1v) is 8.67. The van der Waals surface area contributed by atoms with E-state index in [4.69, 9.17) is 11.5 Å². The van der Waals surface area contributed by atoms with Gasteiger partial charge in [0.2, 0.25) is 0 Å². The highest BCUT2D eigenvalue weighted by molar-refractivity contribution is 5.28. The Bertz CT molecular complexity index is 539. The van der Waals surface area contributed by atoms with Gasteiger partial charge in [0.05, 0.1) is 0 Å². The van der Waals surface area contributed by atoms with Crippen LogP contribution in [0.3, 0.4) is 0 Å². The Labute approximate surface area is 148 Å². The van der Waals surface area contributed by atoms with E-state index in [0.717, 1.165) is 0 Å². The van der Waals surface area contributed by atoms with Crippen molar-refractivity contribution in [2.75, 3.05) is 0 Å². The minimum atomic E-state index is 0.243. The molecule has 2 heteroatoms. The van der Waals surface area contributed by atoms with Gasteiger partial charge in [-0.3, -0.25) is 0 Å². The van der Waals surface area contributed by atoms with Crippen molar-refractivity contribution in [2.24, 2.45) is 11.5 Å². The molecule has 0 spiro atoms. The van der Waals surface area contributed by atoms with Crippen molar-refractivity contribution in [3.63, 3.8) is 0 Å². The fourth-order valence-electron chi connectivity index (χ4n) is 2.28. The first-order chi connectivity index (χ1) is 11.1. The molecule has 0 aliphatic heterocycles. The van der Waals surface area contributed by atoms with Gasteiger partial charge in [0.25, 0.3) is 0 Å². The Balaban J connectivity index is 0.000000240. The predicted molar refractivity (Wildman–Crippen MR) is 106 cm³/mol. The average Bonchev–Trinajstić information content (AvgIpc) is 2.54. The minimum Gasteiger partial charge on any atom is -0.326 e. The Morgan fingerprint density at radius 2 is 0.792 bits per heavy atom. The number of nitrogens with two attached hydrogens (primary N) is 2. The van der Waals surface area contributed by atoms with Crippen LogP contribution in [0.15, 0.2) is 48.5 Å². The highest BCUT2D eigenvalue weighted by atomic mass is 14.5. The molecule has 0 radical (unpaired) electrons. The van der Waals surface area contributed by atoms with Crippen LogP contribution in [0.25, 0.3) is 0 Å². The smallest absolute Gasteiger partial charge is 0.0178 e. The molecule has 0 saturated heterocycles. The van der Waals surface area contributed by atoms with Crippen LogP contribution in [0, 0.1) is 0 Å². The molecule has 0 heterocycles. The van der Waals surface area contributed by atoms with Crippen molar-refractivity contribution in [3.8, 4) is 0 Å². The molecular weight excluding hydrogens is 292 g/mol. The van der Waals surface area contributed by atoms with Crippen molar-refractivity contribution in [1.29, 1.82) is 0 Å². The summed E-state index contributed by atoms with van der Waals surface area (Å²) in [7, 11) is 0. The zero-order chi connectivity index (χ0) is 18.4. The molecule has 0 aromatic heterocycles. The van der Waals surface area contributed by atoms with Gasteiger partial charge in [-0.25, -0.2) is 0 Å². The van der Waals surface area contributed by atoms with Crippen LogP contribution < -0.4 is 11.5 Å². The Kier molecular flexibility index (Phi) is 7.19. The molecular formula is C22H34N2. The average molecular weight is 327 g/mol.